The number of ether oxygens (including phenoxy) is 1. The van der Waals surface area contributed by atoms with Gasteiger partial charge in [-0.3, -0.25) is 9.59 Å². The highest BCUT2D eigenvalue weighted by atomic mass is 35.5. The van der Waals surface area contributed by atoms with Crippen molar-refractivity contribution in [2.24, 2.45) is 0 Å². The first-order valence-corrected chi connectivity index (χ1v) is 10.0. The van der Waals surface area contributed by atoms with Gasteiger partial charge in [0.1, 0.15) is 5.75 Å². The molecule has 1 atom stereocenters. The molecule has 0 radical (unpaired) electrons. The fourth-order valence-corrected chi connectivity index (χ4v) is 3.75. The molecule has 2 amide bonds. The van der Waals surface area contributed by atoms with E-state index in [-0.39, 0.29) is 30.3 Å². The number of rotatable bonds is 7. The summed E-state index contributed by atoms with van der Waals surface area (Å²) in [6.07, 6.45) is 0.304. The largest absolute Gasteiger partial charge is 0.496 e. The molecule has 1 aliphatic heterocycles. The van der Waals surface area contributed by atoms with E-state index in [1.165, 1.54) is 0 Å². The summed E-state index contributed by atoms with van der Waals surface area (Å²) in [5, 5.41) is 3.37. The summed E-state index contributed by atoms with van der Waals surface area (Å²) in [4.78, 5) is 28.8. The first-order chi connectivity index (χ1) is 14.1. The summed E-state index contributed by atoms with van der Waals surface area (Å²) in [5.41, 5.74) is 2.06. The van der Waals surface area contributed by atoms with Crippen LogP contribution in [0.3, 0.4) is 0 Å². The Morgan fingerprint density at radius 3 is 2.53 bits per heavy atom. The van der Waals surface area contributed by atoms with E-state index in [0.717, 1.165) is 23.4 Å². The van der Waals surface area contributed by atoms with Gasteiger partial charge >= 0.3 is 0 Å². The van der Waals surface area contributed by atoms with Crippen LogP contribution in [0.25, 0.3) is 0 Å². The standard InChI is InChI=1S/C23H29N3O3.ClH/c1-18(27)25(17-19-8-4-3-5-9-19)14-12-23(28)26-15-13-24-16-21(26)20-10-6-7-11-22(20)29-2;/h3-11,21,24H,12-17H2,1-2H3;1H. The van der Waals surface area contributed by atoms with Crippen LogP contribution >= 0.6 is 12.4 Å². The van der Waals surface area contributed by atoms with Gasteiger partial charge in [0.15, 0.2) is 0 Å². The van der Waals surface area contributed by atoms with Crippen molar-refractivity contribution in [3.63, 3.8) is 0 Å². The van der Waals surface area contributed by atoms with Gasteiger partial charge in [0.05, 0.1) is 13.2 Å². The van der Waals surface area contributed by atoms with Crippen molar-refractivity contribution in [3.05, 3.63) is 65.7 Å². The number of nitrogens with zero attached hydrogens (tertiary/aromatic N) is 2. The van der Waals surface area contributed by atoms with Crippen LogP contribution in [0.5, 0.6) is 5.75 Å². The number of halogens is 1. The predicted octanol–water partition coefficient (Wildman–Crippen LogP) is 3.03. The Labute approximate surface area is 184 Å². The van der Waals surface area contributed by atoms with Crippen LogP contribution < -0.4 is 10.1 Å². The fraction of sp³-hybridized carbons (Fsp3) is 0.391. The summed E-state index contributed by atoms with van der Waals surface area (Å²) in [7, 11) is 1.65. The number of amides is 2. The van der Waals surface area contributed by atoms with E-state index in [0.29, 0.717) is 32.6 Å². The molecule has 0 bridgehead atoms. The topological polar surface area (TPSA) is 61.9 Å². The number of carbonyl (C=O) groups is 2. The Balaban J connectivity index is 0.00000320. The van der Waals surface area contributed by atoms with Crippen LogP contribution in [-0.2, 0) is 16.1 Å². The molecule has 30 heavy (non-hydrogen) atoms. The Bertz CT molecular complexity index is 831. The molecule has 0 saturated carbocycles. The zero-order valence-corrected chi connectivity index (χ0v) is 18.4. The summed E-state index contributed by atoms with van der Waals surface area (Å²) in [6, 6.07) is 17.6. The number of benzene rings is 2. The molecule has 1 heterocycles. The minimum Gasteiger partial charge on any atom is -0.496 e. The fourth-order valence-electron chi connectivity index (χ4n) is 3.75. The third kappa shape index (κ3) is 5.97. The van der Waals surface area contributed by atoms with Crippen molar-refractivity contribution >= 4 is 24.2 Å². The van der Waals surface area contributed by atoms with Crippen molar-refractivity contribution in [3.8, 4) is 5.75 Å². The lowest BCUT2D eigenvalue weighted by Gasteiger charge is -2.37. The Morgan fingerprint density at radius 1 is 1.13 bits per heavy atom. The molecule has 2 aromatic rings. The van der Waals surface area contributed by atoms with Gasteiger partial charge in [-0.1, -0.05) is 48.5 Å². The number of piperazine rings is 1. The van der Waals surface area contributed by atoms with Crippen LogP contribution in [0, 0.1) is 0 Å². The summed E-state index contributed by atoms with van der Waals surface area (Å²) in [5.74, 6) is 0.818. The SMILES string of the molecule is COc1ccccc1C1CNCCN1C(=O)CCN(Cc1ccccc1)C(C)=O.Cl. The summed E-state index contributed by atoms with van der Waals surface area (Å²) >= 11 is 0. The number of methoxy groups -OCH3 is 1. The van der Waals surface area contributed by atoms with Gasteiger partial charge in [-0.05, 0) is 11.6 Å². The van der Waals surface area contributed by atoms with Crippen LogP contribution in [-0.4, -0.2) is 54.9 Å². The zero-order chi connectivity index (χ0) is 20.6. The molecular formula is C23H30ClN3O3. The zero-order valence-electron chi connectivity index (χ0n) is 17.5. The number of hydrogen-bond donors (Lipinski definition) is 1. The van der Waals surface area contributed by atoms with Gasteiger partial charge in [0.2, 0.25) is 11.8 Å². The van der Waals surface area contributed by atoms with Crippen molar-refractivity contribution in [1.82, 2.24) is 15.1 Å². The van der Waals surface area contributed by atoms with Gasteiger partial charge in [0, 0.05) is 51.6 Å². The number of hydrogen-bond acceptors (Lipinski definition) is 4. The molecule has 162 valence electrons. The number of nitrogens with one attached hydrogen (secondary N) is 1. The molecule has 0 aromatic heterocycles. The molecule has 1 fully saturated rings. The van der Waals surface area contributed by atoms with Crippen molar-refractivity contribution in [2.75, 3.05) is 33.3 Å². The van der Waals surface area contributed by atoms with E-state index in [9.17, 15) is 9.59 Å². The molecular weight excluding hydrogens is 402 g/mol. The maximum absolute atomic E-state index is 13.1. The van der Waals surface area contributed by atoms with Crippen LogP contribution in [0.4, 0.5) is 0 Å². The van der Waals surface area contributed by atoms with Crippen LogP contribution in [0.15, 0.2) is 54.6 Å². The van der Waals surface area contributed by atoms with Gasteiger partial charge in [-0.15, -0.1) is 12.4 Å². The molecule has 3 rings (SSSR count). The van der Waals surface area contributed by atoms with Gasteiger partial charge < -0.3 is 19.9 Å². The van der Waals surface area contributed by atoms with E-state index in [1.54, 1.807) is 18.9 Å². The maximum atomic E-state index is 13.1. The minimum atomic E-state index is -0.0766. The van der Waals surface area contributed by atoms with Crippen molar-refractivity contribution < 1.29 is 14.3 Å². The normalized spacial score (nSPS) is 15.8. The van der Waals surface area contributed by atoms with Gasteiger partial charge in [0.25, 0.3) is 0 Å². The first kappa shape index (κ1) is 23.7. The van der Waals surface area contributed by atoms with Crippen LogP contribution in [0.1, 0.15) is 30.5 Å². The molecule has 0 spiro atoms. The quantitative estimate of drug-likeness (QED) is 0.732. The molecule has 1 N–H and O–H groups in total. The average molecular weight is 432 g/mol. The molecule has 6 nitrogen and oxygen atoms in total. The lowest BCUT2D eigenvalue weighted by atomic mass is 10.0. The highest BCUT2D eigenvalue weighted by Crippen LogP contribution is 2.30. The number of carbonyl (C=O) groups excluding carboxylic acids is 2. The predicted molar refractivity (Wildman–Crippen MR) is 120 cm³/mol. The number of para-hydroxylation sites is 1. The molecule has 1 aliphatic rings. The average Bonchev–Trinajstić information content (AvgIpc) is 2.76. The molecule has 0 aliphatic carbocycles. The Morgan fingerprint density at radius 2 is 1.83 bits per heavy atom. The van der Waals surface area contributed by atoms with E-state index >= 15 is 0 Å². The summed E-state index contributed by atoms with van der Waals surface area (Å²) in [6.45, 7) is 4.56. The van der Waals surface area contributed by atoms with Gasteiger partial charge in [-0.25, -0.2) is 0 Å². The Hall–Kier alpha value is -2.57. The van der Waals surface area contributed by atoms with Gasteiger partial charge in [-0.2, -0.15) is 0 Å². The third-order valence-corrected chi connectivity index (χ3v) is 5.32. The molecule has 7 heteroatoms. The summed E-state index contributed by atoms with van der Waals surface area (Å²) < 4.78 is 5.50. The lowest BCUT2D eigenvalue weighted by Crippen LogP contribution is -2.49. The van der Waals surface area contributed by atoms with E-state index in [1.807, 2.05) is 59.5 Å². The monoisotopic (exact) mass is 431 g/mol. The second-order valence-electron chi connectivity index (χ2n) is 7.23. The molecule has 2 aromatic carbocycles. The minimum absolute atomic E-state index is 0. The highest BCUT2D eigenvalue weighted by molar-refractivity contribution is 5.85. The molecule has 1 unspecified atom stereocenters. The third-order valence-electron chi connectivity index (χ3n) is 5.32. The first-order valence-electron chi connectivity index (χ1n) is 10.0. The van der Waals surface area contributed by atoms with Crippen molar-refractivity contribution in [1.29, 1.82) is 0 Å². The second-order valence-corrected chi connectivity index (χ2v) is 7.23. The smallest absolute Gasteiger partial charge is 0.224 e. The van der Waals surface area contributed by atoms with E-state index < -0.39 is 0 Å². The van der Waals surface area contributed by atoms with Crippen LogP contribution in [0.2, 0.25) is 0 Å². The molecule has 1 saturated heterocycles. The highest BCUT2D eigenvalue weighted by Gasteiger charge is 2.29. The van der Waals surface area contributed by atoms with Crippen molar-refractivity contribution in [2.45, 2.75) is 25.9 Å². The maximum Gasteiger partial charge on any atom is 0.224 e. The Kier molecular flexibility index (Phi) is 9.15. The second kappa shape index (κ2) is 11.6. The van der Waals surface area contributed by atoms with E-state index in [4.69, 9.17) is 4.74 Å². The lowest BCUT2D eigenvalue weighted by molar-refractivity contribution is -0.136. The van der Waals surface area contributed by atoms with E-state index in [2.05, 4.69) is 5.32 Å².